The molecule has 0 amide bonds. The molecule has 3 unspecified atom stereocenters. The fraction of sp³-hybridized carbons (Fsp3) is 0.667. The van der Waals surface area contributed by atoms with Crippen LogP contribution in [0.5, 0.6) is 0 Å². The smallest absolute Gasteiger partial charge is 0.0350 e. The number of hydrogen-bond acceptors (Lipinski definition) is 2. The lowest BCUT2D eigenvalue weighted by molar-refractivity contribution is 0.0861. The van der Waals surface area contributed by atoms with Crippen molar-refractivity contribution in [2.24, 2.45) is 17.6 Å². The summed E-state index contributed by atoms with van der Waals surface area (Å²) in [6.07, 6.45) is 6.59. The lowest BCUT2D eigenvalue weighted by atomic mass is 9.85. The molecule has 1 saturated heterocycles. The summed E-state index contributed by atoms with van der Waals surface area (Å²) in [4.78, 5) is 2.72. The van der Waals surface area contributed by atoms with Crippen LogP contribution in [-0.4, -0.2) is 24.5 Å². The molecular formula is C18H28N2. The molecule has 0 spiro atoms. The molecule has 20 heavy (non-hydrogen) atoms. The molecule has 1 aromatic rings. The minimum absolute atomic E-state index is 0.634. The van der Waals surface area contributed by atoms with Crippen LogP contribution in [-0.2, 0) is 6.42 Å². The molecule has 0 radical (unpaired) electrons. The summed E-state index contributed by atoms with van der Waals surface area (Å²) in [5, 5.41) is 0. The molecule has 2 aliphatic rings. The topological polar surface area (TPSA) is 29.3 Å². The second-order valence-corrected chi connectivity index (χ2v) is 6.72. The molecule has 3 rings (SSSR count). The number of hydrogen-bond donors (Lipinski definition) is 1. The Hall–Kier alpha value is -0.860. The monoisotopic (exact) mass is 272 g/mol. The summed E-state index contributed by atoms with van der Waals surface area (Å²) in [5.74, 6) is 1.47. The number of nitrogens with two attached hydrogens (primary N) is 1. The Morgan fingerprint density at radius 2 is 2.05 bits per heavy atom. The van der Waals surface area contributed by atoms with Crippen molar-refractivity contribution in [2.45, 2.75) is 45.1 Å². The Morgan fingerprint density at radius 1 is 1.20 bits per heavy atom. The molecule has 0 aromatic heterocycles. The van der Waals surface area contributed by atoms with Crippen molar-refractivity contribution in [3.63, 3.8) is 0 Å². The molecule has 2 nitrogen and oxygen atoms in total. The minimum Gasteiger partial charge on any atom is -0.330 e. The van der Waals surface area contributed by atoms with Gasteiger partial charge in [0, 0.05) is 12.6 Å². The standard InChI is InChI=1S/C18H28N2/c1-14-10-11-20(13-16(14)12-19)18-9-5-3-7-15-6-2-4-8-17(15)18/h2,4,6,8,14,16,18H,3,5,7,9-13,19H2,1H3. The van der Waals surface area contributed by atoms with E-state index in [9.17, 15) is 0 Å². The second kappa shape index (κ2) is 6.28. The van der Waals surface area contributed by atoms with E-state index in [0.29, 0.717) is 12.0 Å². The summed E-state index contributed by atoms with van der Waals surface area (Å²) in [7, 11) is 0. The number of likely N-dealkylation sites (tertiary alicyclic amines) is 1. The van der Waals surface area contributed by atoms with Gasteiger partial charge in [0.15, 0.2) is 0 Å². The third kappa shape index (κ3) is 2.77. The lowest BCUT2D eigenvalue weighted by Gasteiger charge is -2.41. The van der Waals surface area contributed by atoms with Crippen LogP contribution in [0.3, 0.4) is 0 Å². The highest BCUT2D eigenvalue weighted by molar-refractivity contribution is 5.31. The third-order valence-electron chi connectivity index (χ3n) is 5.48. The molecular weight excluding hydrogens is 244 g/mol. The first-order chi connectivity index (χ1) is 9.79. The largest absolute Gasteiger partial charge is 0.330 e. The summed E-state index contributed by atoms with van der Waals surface area (Å²) in [6.45, 7) is 5.65. The molecule has 1 heterocycles. The van der Waals surface area contributed by atoms with E-state index < -0.39 is 0 Å². The van der Waals surface area contributed by atoms with Crippen LogP contribution in [0.4, 0.5) is 0 Å². The predicted octanol–water partition coefficient (Wildman–Crippen LogP) is 3.37. The van der Waals surface area contributed by atoms with Gasteiger partial charge in [-0.1, -0.05) is 37.6 Å². The van der Waals surface area contributed by atoms with E-state index in [1.165, 1.54) is 45.2 Å². The molecule has 1 fully saturated rings. The number of nitrogens with zero attached hydrogens (tertiary/aromatic N) is 1. The van der Waals surface area contributed by atoms with Crippen molar-refractivity contribution in [3.8, 4) is 0 Å². The van der Waals surface area contributed by atoms with E-state index in [0.717, 1.165) is 12.5 Å². The van der Waals surface area contributed by atoms with Gasteiger partial charge in [-0.3, -0.25) is 4.90 Å². The van der Waals surface area contributed by atoms with Gasteiger partial charge < -0.3 is 5.73 Å². The average Bonchev–Trinajstić information content (AvgIpc) is 2.70. The van der Waals surface area contributed by atoms with Gasteiger partial charge in [0.25, 0.3) is 0 Å². The van der Waals surface area contributed by atoms with Gasteiger partial charge in [0.2, 0.25) is 0 Å². The fourth-order valence-corrected chi connectivity index (χ4v) is 4.04. The molecule has 2 heteroatoms. The van der Waals surface area contributed by atoms with Gasteiger partial charge in [-0.15, -0.1) is 0 Å². The molecule has 0 bridgehead atoms. The maximum absolute atomic E-state index is 5.98. The van der Waals surface area contributed by atoms with Crippen molar-refractivity contribution in [1.29, 1.82) is 0 Å². The minimum atomic E-state index is 0.634. The van der Waals surface area contributed by atoms with Crippen LogP contribution >= 0.6 is 0 Å². The van der Waals surface area contributed by atoms with Gasteiger partial charge in [-0.05, 0) is 61.7 Å². The predicted molar refractivity (Wildman–Crippen MR) is 84.6 cm³/mol. The van der Waals surface area contributed by atoms with E-state index >= 15 is 0 Å². The van der Waals surface area contributed by atoms with E-state index in [4.69, 9.17) is 5.73 Å². The Kier molecular flexibility index (Phi) is 4.42. The SMILES string of the molecule is CC1CCN(C2CCCCc3ccccc32)CC1CN. The zero-order valence-electron chi connectivity index (χ0n) is 12.7. The van der Waals surface area contributed by atoms with Crippen molar-refractivity contribution >= 4 is 0 Å². The van der Waals surface area contributed by atoms with Crippen molar-refractivity contribution in [3.05, 3.63) is 35.4 Å². The third-order valence-corrected chi connectivity index (χ3v) is 5.48. The summed E-state index contributed by atoms with van der Waals surface area (Å²) in [5.41, 5.74) is 9.16. The zero-order valence-corrected chi connectivity index (χ0v) is 12.7. The maximum atomic E-state index is 5.98. The summed E-state index contributed by atoms with van der Waals surface area (Å²) in [6, 6.07) is 9.74. The number of fused-ring (bicyclic) bond motifs is 1. The van der Waals surface area contributed by atoms with Crippen LogP contribution in [0.2, 0.25) is 0 Å². The number of benzene rings is 1. The fourth-order valence-electron chi connectivity index (χ4n) is 4.04. The summed E-state index contributed by atoms with van der Waals surface area (Å²) >= 11 is 0. The molecule has 1 aliphatic heterocycles. The van der Waals surface area contributed by atoms with Crippen LogP contribution in [0.1, 0.15) is 49.8 Å². The number of piperidine rings is 1. The van der Waals surface area contributed by atoms with E-state index in [-0.39, 0.29) is 0 Å². The Balaban J connectivity index is 1.82. The van der Waals surface area contributed by atoms with Crippen molar-refractivity contribution < 1.29 is 0 Å². The summed E-state index contributed by atoms with van der Waals surface area (Å²) < 4.78 is 0. The number of aryl methyl sites for hydroxylation is 1. The van der Waals surface area contributed by atoms with E-state index in [1.54, 1.807) is 11.1 Å². The first-order valence-electron chi connectivity index (χ1n) is 8.31. The van der Waals surface area contributed by atoms with Crippen LogP contribution in [0, 0.1) is 11.8 Å². The Morgan fingerprint density at radius 3 is 2.90 bits per heavy atom. The molecule has 3 atom stereocenters. The average molecular weight is 272 g/mol. The van der Waals surface area contributed by atoms with E-state index in [1.807, 2.05) is 0 Å². The second-order valence-electron chi connectivity index (χ2n) is 6.72. The van der Waals surface area contributed by atoms with Crippen LogP contribution in [0.15, 0.2) is 24.3 Å². The van der Waals surface area contributed by atoms with Gasteiger partial charge in [-0.2, -0.15) is 0 Å². The Bertz CT molecular complexity index is 443. The highest BCUT2D eigenvalue weighted by Crippen LogP contribution is 2.36. The molecule has 110 valence electrons. The first kappa shape index (κ1) is 14.1. The molecule has 2 N–H and O–H groups in total. The van der Waals surface area contributed by atoms with Crippen LogP contribution < -0.4 is 5.73 Å². The highest BCUT2D eigenvalue weighted by atomic mass is 15.2. The van der Waals surface area contributed by atoms with Gasteiger partial charge in [-0.25, -0.2) is 0 Å². The van der Waals surface area contributed by atoms with E-state index in [2.05, 4.69) is 36.1 Å². The lowest BCUT2D eigenvalue weighted by Crippen LogP contribution is -2.44. The quantitative estimate of drug-likeness (QED) is 0.836. The van der Waals surface area contributed by atoms with Gasteiger partial charge >= 0.3 is 0 Å². The Labute approximate surface area is 123 Å². The van der Waals surface area contributed by atoms with Gasteiger partial charge in [0.1, 0.15) is 0 Å². The first-order valence-corrected chi connectivity index (χ1v) is 8.31. The molecule has 1 aliphatic carbocycles. The van der Waals surface area contributed by atoms with Gasteiger partial charge in [0.05, 0.1) is 0 Å². The molecule has 1 aromatic carbocycles. The molecule has 0 saturated carbocycles. The zero-order chi connectivity index (χ0) is 13.9. The highest BCUT2D eigenvalue weighted by Gasteiger charge is 2.31. The van der Waals surface area contributed by atoms with Crippen molar-refractivity contribution in [1.82, 2.24) is 4.90 Å². The van der Waals surface area contributed by atoms with Crippen LogP contribution in [0.25, 0.3) is 0 Å². The number of rotatable bonds is 2. The maximum Gasteiger partial charge on any atom is 0.0350 e. The normalized spacial score (nSPS) is 31.6. The van der Waals surface area contributed by atoms with Crippen molar-refractivity contribution in [2.75, 3.05) is 19.6 Å².